The van der Waals surface area contributed by atoms with E-state index < -0.39 is 11.9 Å². The fourth-order valence-corrected chi connectivity index (χ4v) is 2.22. The Morgan fingerprint density at radius 2 is 1.89 bits per heavy atom. The molecule has 3 N–H and O–H groups in total. The Balaban J connectivity index is 2.54. The first-order valence-electron chi connectivity index (χ1n) is 5.86. The van der Waals surface area contributed by atoms with Crippen molar-refractivity contribution in [1.29, 1.82) is 0 Å². The summed E-state index contributed by atoms with van der Waals surface area (Å²) in [7, 11) is 0. The molecule has 3 nitrogen and oxygen atoms in total. The maximum Gasteiger partial charge on any atom is 0.141 e. The molecule has 1 aromatic heterocycles. The molecule has 0 bridgehead atoms. The van der Waals surface area contributed by atoms with E-state index in [-0.39, 0.29) is 5.82 Å². The molecule has 100 valence electrons. The molecule has 2 rings (SSSR count). The van der Waals surface area contributed by atoms with Gasteiger partial charge in [-0.3, -0.25) is 10.8 Å². The third-order valence-electron chi connectivity index (χ3n) is 3.00. The van der Waals surface area contributed by atoms with Gasteiger partial charge in [0.2, 0.25) is 0 Å². The number of aromatic nitrogens is 1. The van der Waals surface area contributed by atoms with Gasteiger partial charge in [-0.2, -0.15) is 0 Å². The first-order valence-corrected chi connectivity index (χ1v) is 5.86. The summed E-state index contributed by atoms with van der Waals surface area (Å²) in [5.41, 5.74) is 4.98. The second-order valence-electron chi connectivity index (χ2n) is 4.51. The number of nitrogens with zero attached hydrogens (tertiary/aromatic N) is 1. The van der Waals surface area contributed by atoms with Gasteiger partial charge in [-0.25, -0.2) is 14.2 Å². The van der Waals surface area contributed by atoms with Crippen LogP contribution in [0.15, 0.2) is 30.6 Å². The number of nitrogens with two attached hydrogens (primary N) is 1. The van der Waals surface area contributed by atoms with Crippen LogP contribution in [0.25, 0.3) is 0 Å². The van der Waals surface area contributed by atoms with Crippen molar-refractivity contribution in [2.45, 2.75) is 19.9 Å². The van der Waals surface area contributed by atoms with Crippen molar-refractivity contribution in [3.8, 4) is 0 Å². The van der Waals surface area contributed by atoms with Gasteiger partial charge in [-0.05, 0) is 42.7 Å². The smallest absolute Gasteiger partial charge is 0.141 e. The van der Waals surface area contributed by atoms with Crippen LogP contribution in [0, 0.1) is 25.5 Å². The van der Waals surface area contributed by atoms with Crippen molar-refractivity contribution in [2.75, 3.05) is 0 Å². The molecule has 0 radical (unpaired) electrons. The number of hydrazine groups is 1. The fourth-order valence-electron chi connectivity index (χ4n) is 2.22. The predicted octanol–water partition coefficient (Wildman–Crippen LogP) is 2.53. The van der Waals surface area contributed by atoms with Crippen molar-refractivity contribution >= 4 is 0 Å². The van der Waals surface area contributed by atoms with Gasteiger partial charge in [0.15, 0.2) is 0 Å². The molecule has 2 aromatic rings. The summed E-state index contributed by atoms with van der Waals surface area (Å²) in [6.45, 7) is 3.61. The van der Waals surface area contributed by atoms with Gasteiger partial charge in [0, 0.05) is 11.8 Å². The minimum atomic E-state index is -0.635. The highest BCUT2D eigenvalue weighted by Gasteiger charge is 2.20. The summed E-state index contributed by atoms with van der Waals surface area (Å²) in [6.07, 6.45) is 2.56. The van der Waals surface area contributed by atoms with Crippen LogP contribution in [0.2, 0.25) is 0 Å². The molecule has 0 aliphatic carbocycles. The number of hydrogen-bond donors (Lipinski definition) is 2. The number of benzene rings is 1. The van der Waals surface area contributed by atoms with Crippen molar-refractivity contribution in [3.05, 3.63) is 64.5 Å². The van der Waals surface area contributed by atoms with E-state index in [1.165, 1.54) is 18.3 Å². The maximum atomic E-state index is 14.1. The molecule has 1 heterocycles. The number of pyridine rings is 1. The Hall–Kier alpha value is -1.85. The molecule has 0 saturated carbocycles. The first-order chi connectivity index (χ1) is 9.02. The Bertz CT molecular complexity index is 576. The van der Waals surface area contributed by atoms with Crippen molar-refractivity contribution in [3.63, 3.8) is 0 Å². The van der Waals surface area contributed by atoms with Gasteiger partial charge in [-0.1, -0.05) is 6.07 Å². The second-order valence-corrected chi connectivity index (χ2v) is 4.51. The molecule has 5 heteroatoms. The first kappa shape index (κ1) is 13.6. The van der Waals surface area contributed by atoms with Gasteiger partial charge in [-0.15, -0.1) is 0 Å². The summed E-state index contributed by atoms with van der Waals surface area (Å²) >= 11 is 0. The highest BCUT2D eigenvalue weighted by molar-refractivity contribution is 5.39. The summed E-state index contributed by atoms with van der Waals surface area (Å²) in [5.74, 6) is 4.64. The third-order valence-corrected chi connectivity index (χ3v) is 3.00. The van der Waals surface area contributed by atoms with E-state index in [1.54, 1.807) is 6.92 Å². The predicted molar refractivity (Wildman–Crippen MR) is 69.2 cm³/mol. The summed E-state index contributed by atoms with van der Waals surface area (Å²) < 4.78 is 27.3. The number of aryl methyl sites for hydroxylation is 2. The van der Waals surface area contributed by atoms with Crippen LogP contribution in [0.3, 0.4) is 0 Å². The average Bonchev–Trinajstić information content (AvgIpc) is 2.33. The van der Waals surface area contributed by atoms with Crippen molar-refractivity contribution in [1.82, 2.24) is 10.4 Å². The zero-order valence-corrected chi connectivity index (χ0v) is 10.7. The average molecular weight is 263 g/mol. The molecule has 1 unspecified atom stereocenters. The van der Waals surface area contributed by atoms with Crippen LogP contribution in [-0.2, 0) is 0 Å². The summed E-state index contributed by atoms with van der Waals surface area (Å²) in [6, 6.07) is 3.94. The van der Waals surface area contributed by atoms with Crippen LogP contribution >= 0.6 is 0 Å². The number of nitrogens with one attached hydrogen (secondary N) is 1. The van der Waals surface area contributed by atoms with Crippen LogP contribution in [-0.4, -0.2) is 4.98 Å². The number of hydrogen-bond acceptors (Lipinski definition) is 3. The Morgan fingerprint density at radius 1 is 1.16 bits per heavy atom. The van der Waals surface area contributed by atoms with Gasteiger partial charge >= 0.3 is 0 Å². The topological polar surface area (TPSA) is 50.9 Å². The number of rotatable bonds is 3. The molecular weight excluding hydrogens is 248 g/mol. The molecular formula is C14H15F2N3. The normalized spacial score (nSPS) is 12.5. The fraction of sp³-hybridized carbons (Fsp3) is 0.214. The molecule has 0 spiro atoms. The van der Waals surface area contributed by atoms with E-state index in [2.05, 4.69) is 10.4 Å². The third kappa shape index (κ3) is 2.77. The molecule has 1 atom stereocenters. The van der Waals surface area contributed by atoms with E-state index in [0.29, 0.717) is 11.1 Å². The van der Waals surface area contributed by atoms with Gasteiger partial charge in [0.25, 0.3) is 0 Å². The zero-order valence-electron chi connectivity index (χ0n) is 10.7. The van der Waals surface area contributed by atoms with Crippen molar-refractivity contribution in [2.24, 2.45) is 5.84 Å². The highest BCUT2D eigenvalue weighted by atomic mass is 19.1. The lowest BCUT2D eigenvalue weighted by molar-refractivity contribution is 0.550. The lowest BCUT2D eigenvalue weighted by Gasteiger charge is -2.20. The number of halogens is 2. The quantitative estimate of drug-likeness (QED) is 0.661. The Kier molecular flexibility index (Phi) is 3.87. The summed E-state index contributed by atoms with van der Waals surface area (Å²) in [4.78, 5) is 3.76. The van der Waals surface area contributed by atoms with Gasteiger partial charge in [0.1, 0.15) is 11.6 Å². The molecule has 0 aliphatic rings. The van der Waals surface area contributed by atoms with Crippen LogP contribution in [0.4, 0.5) is 8.78 Å². The van der Waals surface area contributed by atoms with E-state index >= 15 is 0 Å². The summed E-state index contributed by atoms with van der Waals surface area (Å²) in [5, 5.41) is 0. The lowest BCUT2D eigenvalue weighted by Crippen LogP contribution is -2.30. The molecule has 0 amide bonds. The molecule has 1 aromatic carbocycles. The molecule has 0 aliphatic heterocycles. The zero-order chi connectivity index (χ0) is 14.0. The van der Waals surface area contributed by atoms with Gasteiger partial charge < -0.3 is 0 Å². The minimum Gasteiger partial charge on any atom is -0.271 e. The van der Waals surface area contributed by atoms with E-state index in [1.807, 2.05) is 13.0 Å². The highest BCUT2D eigenvalue weighted by Crippen LogP contribution is 2.27. The Morgan fingerprint density at radius 3 is 2.47 bits per heavy atom. The monoisotopic (exact) mass is 263 g/mol. The van der Waals surface area contributed by atoms with Crippen LogP contribution in [0.5, 0.6) is 0 Å². The molecule has 0 saturated heterocycles. The molecule has 0 fully saturated rings. The van der Waals surface area contributed by atoms with E-state index in [4.69, 9.17) is 5.84 Å². The second kappa shape index (κ2) is 5.42. The largest absolute Gasteiger partial charge is 0.271 e. The van der Waals surface area contributed by atoms with Gasteiger partial charge in [0.05, 0.1) is 12.2 Å². The van der Waals surface area contributed by atoms with Crippen LogP contribution < -0.4 is 11.3 Å². The van der Waals surface area contributed by atoms with Crippen LogP contribution in [0.1, 0.15) is 28.3 Å². The maximum absolute atomic E-state index is 14.1. The SMILES string of the molecule is Cc1cc(C)c(C(NN)c2cncc(F)c2)c(F)c1. The van der Waals surface area contributed by atoms with E-state index in [0.717, 1.165) is 17.3 Å². The Labute approximate surface area is 110 Å². The van der Waals surface area contributed by atoms with Crippen molar-refractivity contribution < 1.29 is 8.78 Å². The lowest BCUT2D eigenvalue weighted by atomic mass is 9.94. The van der Waals surface area contributed by atoms with E-state index in [9.17, 15) is 8.78 Å². The molecule has 19 heavy (non-hydrogen) atoms. The standard InChI is InChI=1S/C14H15F2N3/c1-8-3-9(2)13(12(16)4-8)14(19-17)10-5-11(15)7-18-6-10/h3-7,14,19H,17H2,1-2H3. The minimum absolute atomic E-state index is 0.371.